The van der Waals surface area contributed by atoms with Crippen molar-refractivity contribution in [2.24, 2.45) is 12.1 Å². The van der Waals surface area contributed by atoms with Gasteiger partial charge in [-0.3, -0.25) is 4.79 Å². The van der Waals surface area contributed by atoms with Crippen molar-refractivity contribution < 1.29 is 9.53 Å². The Balaban J connectivity index is 1.59. The van der Waals surface area contributed by atoms with Gasteiger partial charge in [-0.05, 0) is 35.4 Å². The first kappa shape index (κ1) is 20.6. The van der Waals surface area contributed by atoms with E-state index in [1.807, 2.05) is 55.6 Å². The number of amides is 1. The lowest BCUT2D eigenvalue weighted by Crippen LogP contribution is -2.28. The number of benzene rings is 2. The summed E-state index contributed by atoms with van der Waals surface area (Å²) in [5.74, 6) is 0.938. The number of hydrogen-bond acceptors (Lipinski definition) is 6. The highest BCUT2D eigenvalue weighted by atomic mass is 79.9. The van der Waals surface area contributed by atoms with Crippen LogP contribution in [0.1, 0.15) is 23.6 Å². The second-order valence-corrected chi connectivity index (χ2v) is 8.66. The zero-order valence-electron chi connectivity index (χ0n) is 16.5. The molecule has 0 saturated carbocycles. The molecule has 0 fully saturated rings. The number of thioether (sulfide) groups is 1. The predicted octanol–water partition coefficient (Wildman–Crippen LogP) is 4.06. The smallest absolute Gasteiger partial charge is 0.253 e. The second kappa shape index (κ2) is 9.01. The monoisotopic (exact) mass is 485 g/mol. The molecule has 1 amide bonds. The highest BCUT2D eigenvalue weighted by Gasteiger charge is 2.33. The van der Waals surface area contributed by atoms with E-state index in [1.54, 1.807) is 23.0 Å². The summed E-state index contributed by atoms with van der Waals surface area (Å²) in [5.41, 5.74) is 2.91. The van der Waals surface area contributed by atoms with Crippen LogP contribution in [0.15, 0.2) is 69.6 Å². The number of carbonyl (C=O) groups excluding carboxylic acids is 1. The van der Waals surface area contributed by atoms with Crippen molar-refractivity contribution in [2.75, 3.05) is 12.9 Å². The van der Waals surface area contributed by atoms with Gasteiger partial charge < -0.3 is 9.30 Å². The zero-order chi connectivity index (χ0) is 21.1. The van der Waals surface area contributed by atoms with Gasteiger partial charge in [-0.25, -0.2) is 5.01 Å². The van der Waals surface area contributed by atoms with Crippen LogP contribution in [0, 0.1) is 0 Å². The molecule has 2 heterocycles. The van der Waals surface area contributed by atoms with Gasteiger partial charge in [-0.15, -0.1) is 10.2 Å². The van der Waals surface area contributed by atoms with Crippen LogP contribution >= 0.6 is 27.7 Å². The minimum absolute atomic E-state index is 0.0732. The fourth-order valence-corrected chi connectivity index (χ4v) is 4.24. The Labute approximate surface area is 187 Å². The molecular weight excluding hydrogens is 466 g/mol. The molecular formula is C21H20BrN5O2S. The Morgan fingerprint density at radius 3 is 2.57 bits per heavy atom. The van der Waals surface area contributed by atoms with Gasteiger partial charge in [0, 0.05) is 17.9 Å². The van der Waals surface area contributed by atoms with Crippen molar-refractivity contribution in [3.8, 4) is 5.75 Å². The molecule has 0 aliphatic carbocycles. The first-order valence-corrected chi connectivity index (χ1v) is 11.1. The van der Waals surface area contributed by atoms with Crippen molar-refractivity contribution in [2.45, 2.75) is 17.6 Å². The molecule has 0 saturated heterocycles. The van der Waals surface area contributed by atoms with E-state index in [1.165, 1.54) is 11.8 Å². The number of hydrogen-bond donors (Lipinski definition) is 0. The van der Waals surface area contributed by atoms with E-state index >= 15 is 0 Å². The summed E-state index contributed by atoms with van der Waals surface area (Å²) < 4.78 is 8.06. The summed E-state index contributed by atoms with van der Waals surface area (Å²) >= 11 is 4.82. The molecule has 1 aliphatic heterocycles. The summed E-state index contributed by atoms with van der Waals surface area (Å²) in [6, 6.07) is 15.6. The molecule has 30 heavy (non-hydrogen) atoms. The van der Waals surface area contributed by atoms with Crippen molar-refractivity contribution in [1.82, 2.24) is 19.8 Å². The molecule has 0 bridgehead atoms. The summed E-state index contributed by atoms with van der Waals surface area (Å²) in [5, 5.41) is 14.9. The van der Waals surface area contributed by atoms with Crippen LogP contribution in [-0.2, 0) is 11.8 Å². The molecule has 4 rings (SSSR count). The zero-order valence-corrected chi connectivity index (χ0v) is 18.9. The van der Waals surface area contributed by atoms with Gasteiger partial charge in [0.2, 0.25) is 0 Å². The van der Waals surface area contributed by atoms with Crippen LogP contribution < -0.4 is 4.74 Å². The maximum Gasteiger partial charge on any atom is 0.253 e. The highest BCUT2D eigenvalue weighted by Crippen LogP contribution is 2.34. The molecule has 0 radical (unpaired) electrons. The van der Waals surface area contributed by atoms with Gasteiger partial charge in [0.25, 0.3) is 5.91 Å². The van der Waals surface area contributed by atoms with Crippen LogP contribution in [0.2, 0.25) is 0 Å². The summed E-state index contributed by atoms with van der Waals surface area (Å²) in [4.78, 5) is 13.1. The van der Waals surface area contributed by atoms with E-state index in [-0.39, 0.29) is 17.7 Å². The van der Waals surface area contributed by atoms with E-state index < -0.39 is 0 Å². The minimum atomic E-state index is -0.165. The molecule has 7 nitrogen and oxygen atoms in total. The number of rotatable bonds is 6. The molecule has 0 unspecified atom stereocenters. The Morgan fingerprint density at radius 1 is 1.20 bits per heavy atom. The normalized spacial score (nSPS) is 15.9. The molecule has 1 atom stereocenters. The number of nitrogens with zero attached hydrogens (tertiary/aromatic N) is 5. The highest BCUT2D eigenvalue weighted by molar-refractivity contribution is 9.10. The number of aromatic nitrogens is 3. The molecule has 1 aromatic heterocycles. The van der Waals surface area contributed by atoms with Gasteiger partial charge >= 0.3 is 0 Å². The summed E-state index contributed by atoms with van der Waals surface area (Å²) in [6.07, 6.45) is 2.26. The Hall–Kier alpha value is -2.65. The van der Waals surface area contributed by atoms with Crippen LogP contribution in [0.3, 0.4) is 0 Å². The van der Waals surface area contributed by atoms with Crippen molar-refractivity contribution in [3.63, 3.8) is 0 Å². The number of carbonyl (C=O) groups is 1. The fraction of sp³-hybridized carbons (Fsp3) is 0.238. The molecule has 3 aromatic rings. The minimum Gasteiger partial charge on any atom is -0.497 e. The Bertz CT molecular complexity index is 1070. The number of aryl methyl sites for hydroxylation is 1. The van der Waals surface area contributed by atoms with Crippen LogP contribution in [-0.4, -0.2) is 44.3 Å². The number of hydrazone groups is 1. The Kier molecular flexibility index (Phi) is 6.19. The van der Waals surface area contributed by atoms with E-state index in [4.69, 9.17) is 9.84 Å². The maximum absolute atomic E-state index is 13.1. The van der Waals surface area contributed by atoms with Crippen molar-refractivity contribution >= 4 is 39.3 Å². The fourth-order valence-electron chi connectivity index (χ4n) is 3.24. The van der Waals surface area contributed by atoms with Gasteiger partial charge in [-0.1, -0.05) is 52.0 Å². The van der Waals surface area contributed by atoms with Crippen molar-refractivity contribution in [3.05, 3.63) is 70.5 Å². The third kappa shape index (κ3) is 4.41. The first-order valence-electron chi connectivity index (χ1n) is 9.31. The second-order valence-electron chi connectivity index (χ2n) is 6.80. The summed E-state index contributed by atoms with van der Waals surface area (Å²) in [6.45, 7) is 0. The predicted molar refractivity (Wildman–Crippen MR) is 120 cm³/mol. The van der Waals surface area contributed by atoms with E-state index in [0.717, 1.165) is 27.1 Å². The molecule has 1 aliphatic rings. The van der Waals surface area contributed by atoms with Gasteiger partial charge in [0.1, 0.15) is 12.1 Å². The lowest BCUT2D eigenvalue weighted by molar-refractivity contribution is -0.130. The lowest BCUT2D eigenvalue weighted by Gasteiger charge is -2.22. The third-order valence-corrected chi connectivity index (χ3v) is 6.39. The Morgan fingerprint density at radius 2 is 1.93 bits per heavy atom. The van der Waals surface area contributed by atoms with Gasteiger partial charge in [0.15, 0.2) is 5.16 Å². The number of halogens is 1. The molecule has 9 heteroatoms. The standard InChI is InChI=1S/C21H20BrN5O2S/c1-26-13-23-24-21(26)30-12-20(28)27-19(15-5-9-17(29-2)10-6-15)11-18(25-27)14-3-7-16(22)8-4-14/h3-10,13,19H,11-12H2,1-2H3/t19-/m1/s1. The number of methoxy groups -OCH3 is 1. The lowest BCUT2D eigenvalue weighted by atomic mass is 9.98. The topological polar surface area (TPSA) is 72.6 Å². The SMILES string of the molecule is COc1ccc([C@H]2CC(c3ccc(Br)cc3)=NN2C(=O)CSc2nncn2C)cc1. The molecule has 154 valence electrons. The summed E-state index contributed by atoms with van der Waals surface area (Å²) in [7, 11) is 3.49. The quantitative estimate of drug-likeness (QED) is 0.492. The molecule has 0 spiro atoms. The average molecular weight is 486 g/mol. The molecule has 2 aromatic carbocycles. The van der Waals surface area contributed by atoms with E-state index in [2.05, 4.69) is 26.1 Å². The van der Waals surface area contributed by atoms with Gasteiger partial charge in [0.05, 0.1) is 24.6 Å². The molecule has 0 N–H and O–H groups in total. The van der Waals surface area contributed by atoms with Crippen LogP contribution in [0.5, 0.6) is 5.75 Å². The maximum atomic E-state index is 13.1. The van der Waals surface area contributed by atoms with Crippen LogP contribution in [0.25, 0.3) is 0 Å². The van der Waals surface area contributed by atoms with Crippen molar-refractivity contribution in [1.29, 1.82) is 0 Å². The van der Waals surface area contributed by atoms with E-state index in [9.17, 15) is 4.79 Å². The largest absolute Gasteiger partial charge is 0.497 e. The number of ether oxygens (including phenoxy) is 1. The average Bonchev–Trinajstić information content (AvgIpc) is 3.39. The van der Waals surface area contributed by atoms with E-state index in [0.29, 0.717) is 11.6 Å². The van der Waals surface area contributed by atoms with Crippen LogP contribution in [0.4, 0.5) is 0 Å². The van der Waals surface area contributed by atoms with Gasteiger partial charge in [-0.2, -0.15) is 5.10 Å². The first-order chi connectivity index (χ1) is 14.5. The third-order valence-electron chi connectivity index (χ3n) is 4.84.